The van der Waals surface area contributed by atoms with Crippen molar-refractivity contribution < 1.29 is 23.8 Å². The zero-order chi connectivity index (χ0) is 18.0. The lowest BCUT2D eigenvalue weighted by Gasteiger charge is -2.18. The van der Waals surface area contributed by atoms with Crippen molar-refractivity contribution in [3.8, 4) is 5.75 Å². The third-order valence-corrected chi connectivity index (χ3v) is 4.56. The van der Waals surface area contributed by atoms with E-state index in [1.807, 2.05) is 30.3 Å². The lowest BCUT2D eigenvalue weighted by Crippen LogP contribution is -2.31. The van der Waals surface area contributed by atoms with Crippen molar-refractivity contribution in [1.82, 2.24) is 4.90 Å². The smallest absolute Gasteiger partial charge is 0.308 e. The molecule has 2 aromatic rings. The van der Waals surface area contributed by atoms with Gasteiger partial charge in [0.25, 0.3) is 5.91 Å². The highest BCUT2D eigenvalue weighted by atomic mass is 19.1. The highest BCUT2D eigenvalue weighted by Crippen LogP contribution is 2.35. The molecule has 1 aliphatic heterocycles. The van der Waals surface area contributed by atoms with E-state index in [9.17, 15) is 19.1 Å². The van der Waals surface area contributed by atoms with Crippen LogP contribution >= 0.6 is 0 Å². The van der Waals surface area contributed by atoms with E-state index in [2.05, 4.69) is 0 Å². The summed E-state index contributed by atoms with van der Waals surface area (Å²) in [6.45, 7) is 0.252. The number of likely N-dealkylation sites (tertiary alicyclic amines) is 1. The maximum absolute atomic E-state index is 14.2. The van der Waals surface area contributed by atoms with Gasteiger partial charge in [0.1, 0.15) is 17.1 Å². The third-order valence-electron chi connectivity index (χ3n) is 4.56. The molecule has 0 aromatic heterocycles. The van der Waals surface area contributed by atoms with Crippen molar-refractivity contribution in [3.63, 3.8) is 0 Å². The van der Waals surface area contributed by atoms with Gasteiger partial charge in [-0.05, 0) is 17.7 Å². The molecule has 0 radical (unpaired) electrons. The molecule has 2 atom stereocenters. The fourth-order valence-corrected chi connectivity index (χ4v) is 3.30. The number of halogens is 1. The van der Waals surface area contributed by atoms with Crippen molar-refractivity contribution in [2.45, 2.75) is 5.92 Å². The largest absolute Gasteiger partial charge is 0.496 e. The van der Waals surface area contributed by atoms with E-state index in [1.165, 1.54) is 30.2 Å². The molecular formula is C19H18FNO4. The van der Waals surface area contributed by atoms with Crippen LogP contribution in [-0.2, 0) is 4.79 Å². The minimum atomic E-state index is -0.968. The number of amides is 1. The number of aliphatic carboxylic acids is 1. The summed E-state index contributed by atoms with van der Waals surface area (Å²) in [5.41, 5.74) is 0.688. The van der Waals surface area contributed by atoms with Crippen molar-refractivity contribution in [2.75, 3.05) is 20.2 Å². The molecule has 3 rings (SSSR count). The van der Waals surface area contributed by atoms with Crippen LogP contribution in [-0.4, -0.2) is 42.1 Å². The molecule has 25 heavy (non-hydrogen) atoms. The van der Waals surface area contributed by atoms with Gasteiger partial charge in [0.15, 0.2) is 0 Å². The van der Waals surface area contributed by atoms with E-state index in [-0.39, 0.29) is 30.3 Å². The van der Waals surface area contributed by atoms with Crippen molar-refractivity contribution in [1.29, 1.82) is 0 Å². The second-order valence-electron chi connectivity index (χ2n) is 5.99. The molecule has 0 saturated carbocycles. The lowest BCUT2D eigenvalue weighted by molar-refractivity contribution is -0.141. The van der Waals surface area contributed by atoms with Crippen LogP contribution in [0.2, 0.25) is 0 Å². The maximum Gasteiger partial charge on any atom is 0.308 e. The quantitative estimate of drug-likeness (QED) is 0.927. The summed E-state index contributed by atoms with van der Waals surface area (Å²) in [5, 5.41) is 9.53. The Hall–Kier alpha value is -2.89. The molecule has 1 N–H and O–H groups in total. The molecule has 2 unspecified atom stereocenters. The van der Waals surface area contributed by atoms with E-state index in [0.29, 0.717) is 0 Å². The summed E-state index contributed by atoms with van der Waals surface area (Å²) in [6, 6.07) is 13.4. The summed E-state index contributed by atoms with van der Waals surface area (Å²) >= 11 is 0. The van der Waals surface area contributed by atoms with Crippen LogP contribution in [0.25, 0.3) is 0 Å². The Kier molecular flexibility index (Phi) is 4.70. The van der Waals surface area contributed by atoms with Gasteiger partial charge in [-0.25, -0.2) is 4.39 Å². The standard InChI is InChI=1S/C19H18FNO4/c1-25-16-9-5-8-15(20)17(16)18(22)21-10-13(14(11-21)19(23)24)12-6-3-2-4-7-12/h2-9,13-14H,10-11H2,1H3,(H,23,24). The Labute approximate surface area is 144 Å². The Morgan fingerprint density at radius 2 is 1.84 bits per heavy atom. The average Bonchev–Trinajstić information content (AvgIpc) is 3.07. The summed E-state index contributed by atoms with van der Waals surface area (Å²) in [5.74, 6) is -3.13. The summed E-state index contributed by atoms with van der Waals surface area (Å²) in [4.78, 5) is 25.8. The van der Waals surface area contributed by atoms with Crippen LogP contribution in [0.4, 0.5) is 4.39 Å². The van der Waals surface area contributed by atoms with Crippen LogP contribution in [0.3, 0.4) is 0 Å². The lowest BCUT2D eigenvalue weighted by atomic mass is 9.89. The van der Waals surface area contributed by atoms with E-state index in [1.54, 1.807) is 0 Å². The Balaban J connectivity index is 1.92. The van der Waals surface area contributed by atoms with E-state index in [0.717, 1.165) is 5.56 Å². The molecule has 6 heteroatoms. The minimum absolute atomic E-state index is 0.0330. The number of carbonyl (C=O) groups excluding carboxylic acids is 1. The number of benzene rings is 2. The molecule has 2 aromatic carbocycles. The third kappa shape index (κ3) is 3.20. The van der Waals surface area contributed by atoms with Crippen LogP contribution < -0.4 is 4.74 Å². The number of rotatable bonds is 4. The first-order valence-corrected chi connectivity index (χ1v) is 7.92. The highest BCUT2D eigenvalue weighted by molar-refractivity contribution is 5.98. The van der Waals surface area contributed by atoms with E-state index < -0.39 is 23.6 Å². The number of carboxylic acid groups (broad SMARTS) is 1. The van der Waals surface area contributed by atoms with Gasteiger partial charge in [-0.1, -0.05) is 36.4 Å². The average molecular weight is 343 g/mol. The maximum atomic E-state index is 14.2. The second-order valence-corrected chi connectivity index (χ2v) is 5.99. The Morgan fingerprint density at radius 1 is 1.12 bits per heavy atom. The fourth-order valence-electron chi connectivity index (χ4n) is 3.30. The molecule has 1 aliphatic rings. The number of ether oxygens (including phenoxy) is 1. The van der Waals surface area contributed by atoms with Crippen molar-refractivity contribution >= 4 is 11.9 Å². The van der Waals surface area contributed by atoms with Crippen molar-refractivity contribution in [2.24, 2.45) is 5.92 Å². The molecule has 1 heterocycles. The van der Waals surface area contributed by atoms with Gasteiger partial charge in [-0.3, -0.25) is 9.59 Å². The van der Waals surface area contributed by atoms with Gasteiger partial charge in [-0.15, -0.1) is 0 Å². The van der Waals surface area contributed by atoms with Gasteiger partial charge >= 0.3 is 5.97 Å². The van der Waals surface area contributed by atoms with Crippen LogP contribution in [0.15, 0.2) is 48.5 Å². The van der Waals surface area contributed by atoms with Crippen LogP contribution in [0.5, 0.6) is 5.75 Å². The van der Waals surface area contributed by atoms with Gasteiger partial charge < -0.3 is 14.7 Å². The Morgan fingerprint density at radius 3 is 2.48 bits per heavy atom. The number of hydrogen-bond donors (Lipinski definition) is 1. The number of carboxylic acids is 1. The molecule has 5 nitrogen and oxygen atoms in total. The predicted molar refractivity (Wildman–Crippen MR) is 89.2 cm³/mol. The first-order valence-electron chi connectivity index (χ1n) is 7.92. The molecule has 0 aliphatic carbocycles. The highest BCUT2D eigenvalue weighted by Gasteiger charge is 2.41. The monoisotopic (exact) mass is 343 g/mol. The zero-order valence-corrected chi connectivity index (χ0v) is 13.7. The van der Waals surface area contributed by atoms with Gasteiger partial charge in [0.05, 0.1) is 13.0 Å². The van der Waals surface area contributed by atoms with E-state index in [4.69, 9.17) is 4.74 Å². The molecular weight excluding hydrogens is 325 g/mol. The second kappa shape index (κ2) is 6.93. The van der Waals surface area contributed by atoms with Gasteiger partial charge in [0.2, 0.25) is 0 Å². The normalized spacial score (nSPS) is 19.7. The summed E-state index contributed by atoms with van der Waals surface area (Å²) in [7, 11) is 1.36. The number of carbonyl (C=O) groups is 2. The van der Waals surface area contributed by atoms with Gasteiger partial charge in [-0.2, -0.15) is 0 Å². The van der Waals surface area contributed by atoms with Gasteiger partial charge in [0, 0.05) is 19.0 Å². The SMILES string of the molecule is COc1cccc(F)c1C(=O)N1CC(C(=O)O)C(c2ccccc2)C1. The molecule has 1 fully saturated rings. The minimum Gasteiger partial charge on any atom is -0.496 e. The molecule has 1 amide bonds. The zero-order valence-electron chi connectivity index (χ0n) is 13.7. The first kappa shape index (κ1) is 17.0. The summed E-state index contributed by atoms with van der Waals surface area (Å²) < 4.78 is 19.3. The number of hydrogen-bond acceptors (Lipinski definition) is 3. The molecule has 1 saturated heterocycles. The van der Waals surface area contributed by atoms with Crippen molar-refractivity contribution in [3.05, 3.63) is 65.5 Å². The first-order chi connectivity index (χ1) is 12.0. The fraction of sp³-hybridized carbons (Fsp3) is 0.263. The summed E-state index contributed by atoms with van der Waals surface area (Å²) in [6.07, 6.45) is 0. The van der Waals surface area contributed by atoms with E-state index >= 15 is 0 Å². The molecule has 0 spiro atoms. The Bertz CT molecular complexity index is 793. The number of methoxy groups -OCH3 is 1. The van der Waals surface area contributed by atoms with Crippen LogP contribution in [0.1, 0.15) is 21.8 Å². The predicted octanol–water partition coefficient (Wildman–Crippen LogP) is 2.77. The number of nitrogens with zero attached hydrogens (tertiary/aromatic N) is 1. The topological polar surface area (TPSA) is 66.8 Å². The van der Waals surface area contributed by atoms with Crippen LogP contribution in [0, 0.1) is 11.7 Å². The molecule has 0 bridgehead atoms. The molecule has 130 valence electrons.